The highest BCUT2D eigenvalue weighted by molar-refractivity contribution is 9.10. The first-order valence-electron chi connectivity index (χ1n) is 6.80. The molecule has 0 unspecified atom stereocenters. The van der Waals surface area contributed by atoms with Gasteiger partial charge in [0.2, 0.25) is 0 Å². The summed E-state index contributed by atoms with van der Waals surface area (Å²) in [5.41, 5.74) is 10.4. The van der Waals surface area contributed by atoms with Crippen molar-refractivity contribution in [3.63, 3.8) is 0 Å². The van der Waals surface area contributed by atoms with Crippen LogP contribution in [-0.2, 0) is 18.7 Å². The Bertz CT molecular complexity index is 607. The molecule has 1 aromatic heterocycles. The highest BCUT2D eigenvalue weighted by Crippen LogP contribution is 2.32. The van der Waals surface area contributed by atoms with Crippen LogP contribution >= 0.6 is 27.7 Å². The summed E-state index contributed by atoms with van der Waals surface area (Å²) in [5.74, 6) is 0.895. The van der Waals surface area contributed by atoms with Crippen LogP contribution in [0.2, 0.25) is 0 Å². The topological polar surface area (TPSA) is 43.8 Å². The van der Waals surface area contributed by atoms with Gasteiger partial charge in [0.15, 0.2) is 0 Å². The molecule has 0 atom stereocenters. The maximum Gasteiger partial charge on any atom is 0.0767 e. The van der Waals surface area contributed by atoms with Crippen molar-refractivity contribution in [1.29, 1.82) is 0 Å². The molecule has 5 heteroatoms. The van der Waals surface area contributed by atoms with E-state index < -0.39 is 0 Å². The van der Waals surface area contributed by atoms with Crippen LogP contribution in [0.4, 0.5) is 5.69 Å². The molecule has 20 heavy (non-hydrogen) atoms. The summed E-state index contributed by atoms with van der Waals surface area (Å²) >= 11 is 5.50. The minimum absolute atomic E-state index is 0.854. The fraction of sp³-hybridized carbons (Fsp3) is 0.400. The maximum absolute atomic E-state index is 5.96. The number of anilines is 1. The zero-order chi connectivity index (χ0) is 14.7. The van der Waals surface area contributed by atoms with Gasteiger partial charge in [-0.05, 0) is 53.9 Å². The normalized spacial score (nSPS) is 11.0. The zero-order valence-electron chi connectivity index (χ0n) is 12.1. The van der Waals surface area contributed by atoms with Crippen molar-refractivity contribution in [1.82, 2.24) is 9.78 Å². The van der Waals surface area contributed by atoms with Crippen LogP contribution in [0.15, 0.2) is 27.6 Å². The molecule has 0 aliphatic carbocycles. The summed E-state index contributed by atoms with van der Waals surface area (Å²) in [6, 6.07) is 6.08. The van der Waals surface area contributed by atoms with Gasteiger partial charge in [-0.25, -0.2) is 0 Å². The monoisotopic (exact) mass is 353 g/mol. The Hall–Kier alpha value is -0.940. The van der Waals surface area contributed by atoms with E-state index in [1.807, 2.05) is 23.9 Å². The molecule has 0 bridgehead atoms. The van der Waals surface area contributed by atoms with Crippen LogP contribution < -0.4 is 5.73 Å². The molecule has 0 saturated carbocycles. The second-order valence-corrected chi connectivity index (χ2v) is 6.45. The average Bonchev–Trinajstić information content (AvgIpc) is 2.76. The fourth-order valence-electron chi connectivity index (χ4n) is 2.09. The van der Waals surface area contributed by atoms with Crippen LogP contribution in [-0.4, -0.2) is 9.78 Å². The molecule has 1 aromatic carbocycles. The third-order valence-corrected chi connectivity index (χ3v) is 5.47. The number of benzene rings is 1. The lowest BCUT2D eigenvalue weighted by molar-refractivity contribution is 0.627. The van der Waals surface area contributed by atoms with E-state index in [9.17, 15) is 0 Å². The number of halogens is 1. The van der Waals surface area contributed by atoms with Gasteiger partial charge in [-0.1, -0.05) is 13.0 Å². The highest BCUT2D eigenvalue weighted by atomic mass is 79.9. The fourth-order valence-corrected chi connectivity index (χ4v) is 4.07. The molecule has 0 aliphatic rings. The SMILES string of the molecule is CCc1nn(CC)c(CSc2cccc(N)c2C)c1Br. The first-order valence-corrected chi connectivity index (χ1v) is 8.58. The van der Waals surface area contributed by atoms with Gasteiger partial charge in [0.1, 0.15) is 0 Å². The Balaban J connectivity index is 2.22. The van der Waals surface area contributed by atoms with Crippen molar-refractivity contribution in [2.75, 3.05) is 5.73 Å². The predicted molar refractivity (Wildman–Crippen MR) is 90.1 cm³/mol. The van der Waals surface area contributed by atoms with Crippen molar-refractivity contribution in [3.05, 3.63) is 39.6 Å². The predicted octanol–water partition coefficient (Wildman–Crippen LogP) is 4.41. The summed E-state index contributed by atoms with van der Waals surface area (Å²) in [5, 5.41) is 4.63. The van der Waals surface area contributed by atoms with Gasteiger partial charge < -0.3 is 5.73 Å². The van der Waals surface area contributed by atoms with E-state index in [-0.39, 0.29) is 0 Å². The second kappa shape index (κ2) is 6.68. The lowest BCUT2D eigenvalue weighted by Gasteiger charge is -2.09. The van der Waals surface area contributed by atoms with E-state index in [4.69, 9.17) is 5.73 Å². The van der Waals surface area contributed by atoms with Gasteiger partial charge in [-0.2, -0.15) is 5.10 Å². The summed E-state index contributed by atoms with van der Waals surface area (Å²) in [6.07, 6.45) is 0.947. The molecule has 3 nitrogen and oxygen atoms in total. The molecule has 2 N–H and O–H groups in total. The number of thioether (sulfide) groups is 1. The standard InChI is InChI=1S/C15H20BrN3S/c1-4-12-15(16)13(19(5-2)18-12)9-20-14-8-6-7-11(17)10(14)3/h6-8H,4-5,9,17H2,1-3H3. The number of rotatable bonds is 5. The number of nitrogen functional groups attached to an aromatic ring is 1. The van der Waals surface area contributed by atoms with Gasteiger partial charge in [-0.3, -0.25) is 4.68 Å². The van der Waals surface area contributed by atoms with Gasteiger partial charge in [0.25, 0.3) is 0 Å². The number of hydrogen-bond donors (Lipinski definition) is 1. The van der Waals surface area contributed by atoms with Crippen molar-refractivity contribution in [3.8, 4) is 0 Å². The minimum Gasteiger partial charge on any atom is -0.398 e. The molecule has 0 fully saturated rings. The Morgan fingerprint density at radius 3 is 2.75 bits per heavy atom. The smallest absolute Gasteiger partial charge is 0.0767 e. The highest BCUT2D eigenvalue weighted by Gasteiger charge is 2.14. The van der Waals surface area contributed by atoms with Crippen molar-refractivity contribution < 1.29 is 0 Å². The summed E-state index contributed by atoms with van der Waals surface area (Å²) in [7, 11) is 0. The molecule has 2 rings (SSSR count). The second-order valence-electron chi connectivity index (χ2n) is 4.64. The lowest BCUT2D eigenvalue weighted by atomic mass is 10.2. The maximum atomic E-state index is 5.96. The van der Waals surface area contributed by atoms with E-state index in [1.54, 1.807) is 0 Å². The molecule has 0 saturated heterocycles. The molecule has 0 spiro atoms. The van der Waals surface area contributed by atoms with Gasteiger partial charge in [-0.15, -0.1) is 11.8 Å². The molecule has 108 valence electrons. The van der Waals surface area contributed by atoms with E-state index in [0.717, 1.165) is 40.1 Å². The molecule has 2 aromatic rings. The number of hydrogen-bond acceptors (Lipinski definition) is 3. The third kappa shape index (κ3) is 3.04. The van der Waals surface area contributed by atoms with Crippen molar-refractivity contribution >= 4 is 33.4 Å². The first-order chi connectivity index (χ1) is 9.58. The third-order valence-electron chi connectivity index (χ3n) is 3.38. The van der Waals surface area contributed by atoms with Crippen molar-refractivity contribution in [2.45, 2.75) is 44.4 Å². The van der Waals surface area contributed by atoms with E-state index >= 15 is 0 Å². The summed E-state index contributed by atoms with van der Waals surface area (Å²) < 4.78 is 3.23. The van der Waals surface area contributed by atoms with Crippen molar-refractivity contribution in [2.24, 2.45) is 0 Å². The average molecular weight is 354 g/mol. The Morgan fingerprint density at radius 1 is 1.35 bits per heavy atom. The van der Waals surface area contributed by atoms with Crippen LogP contribution in [0, 0.1) is 6.92 Å². The first kappa shape index (κ1) is 15.4. The molecule has 0 amide bonds. The zero-order valence-corrected chi connectivity index (χ0v) is 14.5. The van der Waals surface area contributed by atoms with Crippen LogP contribution in [0.25, 0.3) is 0 Å². The van der Waals surface area contributed by atoms with E-state index in [0.29, 0.717) is 0 Å². The molecular formula is C15H20BrN3S. The van der Waals surface area contributed by atoms with E-state index in [2.05, 4.69) is 52.5 Å². The Labute approximate surface area is 133 Å². The Morgan fingerprint density at radius 2 is 2.10 bits per heavy atom. The minimum atomic E-state index is 0.854. The van der Waals surface area contributed by atoms with E-state index in [1.165, 1.54) is 10.6 Å². The molecular weight excluding hydrogens is 334 g/mol. The number of nitrogens with two attached hydrogens (primary N) is 1. The molecule has 1 heterocycles. The van der Waals surface area contributed by atoms with Crippen LogP contribution in [0.5, 0.6) is 0 Å². The summed E-state index contributed by atoms with van der Waals surface area (Å²) in [6.45, 7) is 7.22. The van der Waals surface area contributed by atoms with Gasteiger partial charge in [0, 0.05) is 22.9 Å². The summed E-state index contributed by atoms with van der Waals surface area (Å²) in [4.78, 5) is 1.24. The Kier molecular flexibility index (Phi) is 5.16. The van der Waals surface area contributed by atoms with Gasteiger partial charge >= 0.3 is 0 Å². The van der Waals surface area contributed by atoms with Crippen LogP contribution in [0.1, 0.15) is 30.8 Å². The quantitative estimate of drug-likeness (QED) is 0.639. The number of aryl methyl sites for hydroxylation is 2. The molecule has 0 aliphatic heterocycles. The lowest BCUT2D eigenvalue weighted by Crippen LogP contribution is -2.02. The molecule has 0 radical (unpaired) electrons. The number of nitrogens with zero attached hydrogens (tertiary/aromatic N) is 2. The van der Waals surface area contributed by atoms with Crippen LogP contribution in [0.3, 0.4) is 0 Å². The number of aromatic nitrogens is 2. The van der Waals surface area contributed by atoms with Gasteiger partial charge in [0.05, 0.1) is 15.9 Å². The largest absolute Gasteiger partial charge is 0.398 e.